The molecule has 1 saturated carbocycles. The minimum Gasteiger partial charge on any atom is -0.338 e. The van der Waals surface area contributed by atoms with Crippen LogP contribution >= 0.6 is 0 Å². The number of nitrogens with zero attached hydrogens (tertiary/aromatic N) is 6. The van der Waals surface area contributed by atoms with E-state index in [0.29, 0.717) is 30.1 Å². The van der Waals surface area contributed by atoms with Crippen LogP contribution in [0.25, 0.3) is 22.0 Å². The Kier molecular flexibility index (Phi) is 5.64. The van der Waals surface area contributed by atoms with Gasteiger partial charge in [0, 0.05) is 35.3 Å². The van der Waals surface area contributed by atoms with E-state index in [1.54, 1.807) is 10.9 Å². The van der Waals surface area contributed by atoms with Crippen LogP contribution in [0.5, 0.6) is 0 Å². The minimum atomic E-state index is -0.143. The van der Waals surface area contributed by atoms with Gasteiger partial charge >= 0.3 is 0 Å². The van der Waals surface area contributed by atoms with Crippen LogP contribution in [0, 0.1) is 24.2 Å². The van der Waals surface area contributed by atoms with Crippen LogP contribution in [-0.2, 0) is 6.54 Å². The van der Waals surface area contributed by atoms with E-state index >= 15 is 0 Å². The number of anilines is 2. The molecule has 0 saturated heterocycles. The van der Waals surface area contributed by atoms with Crippen molar-refractivity contribution in [2.24, 2.45) is 10.9 Å². The van der Waals surface area contributed by atoms with Gasteiger partial charge < -0.3 is 10.3 Å². The molecule has 9 nitrogen and oxygen atoms in total. The molecule has 2 aliphatic rings. The number of aromatic amines is 1. The van der Waals surface area contributed by atoms with E-state index in [9.17, 15) is 4.79 Å². The Hall–Kier alpha value is -4.19. The van der Waals surface area contributed by atoms with Crippen molar-refractivity contribution >= 4 is 28.1 Å². The summed E-state index contributed by atoms with van der Waals surface area (Å²) in [7, 11) is 0. The molecular formula is C27H28N8O. The summed E-state index contributed by atoms with van der Waals surface area (Å²) in [4.78, 5) is 20.2. The molecule has 1 aliphatic carbocycles. The quantitative estimate of drug-likeness (QED) is 0.396. The molecular weight excluding hydrogens is 452 g/mol. The molecule has 9 heteroatoms. The second-order valence-electron chi connectivity index (χ2n) is 9.68. The number of aryl methyl sites for hydroxylation is 2. The summed E-state index contributed by atoms with van der Waals surface area (Å²) in [6.45, 7) is 3.50. The molecule has 6 rings (SSSR count). The fourth-order valence-corrected chi connectivity index (χ4v) is 5.50. The second kappa shape index (κ2) is 9.11. The Balaban J connectivity index is 1.32. The first-order valence-electron chi connectivity index (χ1n) is 12.5. The van der Waals surface area contributed by atoms with Crippen molar-refractivity contribution in [2.45, 2.75) is 51.6 Å². The van der Waals surface area contributed by atoms with E-state index in [2.05, 4.69) is 50.2 Å². The van der Waals surface area contributed by atoms with E-state index in [-0.39, 0.29) is 11.6 Å². The lowest BCUT2D eigenvalue weighted by atomic mass is 9.83. The summed E-state index contributed by atoms with van der Waals surface area (Å²) in [6, 6.07) is 10.4. The SMILES string of the molecule is Cc1cc(Nc2nn([C@H]3CCCC[C@@H]3C3=NC3)c3cc[nH]c(=O)c23)ccc1-c1cnn(CCC#N)c1. The molecule has 0 spiro atoms. The molecule has 1 aliphatic heterocycles. The third-order valence-corrected chi connectivity index (χ3v) is 7.33. The van der Waals surface area contributed by atoms with Gasteiger partial charge in [-0.15, -0.1) is 0 Å². The van der Waals surface area contributed by atoms with Crippen molar-refractivity contribution in [2.75, 3.05) is 11.9 Å². The molecule has 4 heterocycles. The van der Waals surface area contributed by atoms with Gasteiger partial charge in [-0.3, -0.25) is 19.2 Å². The van der Waals surface area contributed by atoms with Gasteiger partial charge in [0.25, 0.3) is 5.56 Å². The predicted molar refractivity (Wildman–Crippen MR) is 140 cm³/mol. The number of pyridine rings is 1. The molecule has 1 fully saturated rings. The maximum absolute atomic E-state index is 12.9. The van der Waals surface area contributed by atoms with Crippen LogP contribution in [0.3, 0.4) is 0 Å². The van der Waals surface area contributed by atoms with E-state index in [1.807, 2.05) is 24.5 Å². The first kappa shape index (κ1) is 22.3. The Morgan fingerprint density at radius 3 is 2.92 bits per heavy atom. The van der Waals surface area contributed by atoms with Gasteiger partial charge in [0.05, 0.1) is 43.3 Å². The normalized spacial score (nSPS) is 19.2. The Morgan fingerprint density at radius 2 is 2.11 bits per heavy atom. The summed E-state index contributed by atoms with van der Waals surface area (Å²) < 4.78 is 3.86. The smallest absolute Gasteiger partial charge is 0.261 e. The first-order valence-corrected chi connectivity index (χ1v) is 12.5. The summed E-state index contributed by atoms with van der Waals surface area (Å²) in [5, 5.41) is 22.1. The third kappa shape index (κ3) is 4.09. The number of aliphatic imine (C=N–C) groups is 1. The lowest BCUT2D eigenvalue weighted by Gasteiger charge is -2.30. The maximum atomic E-state index is 12.9. The fourth-order valence-electron chi connectivity index (χ4n) is 5.50. The van der Waals surface area contributed by atoms with Gasteiger partial charge in [-0.2, -0.15) is 15.5 Å². The number of benzene rings is 1. The van der Waals surface area contributed by atoms with Gasteiger partial charge in [0.1, 0.15) is 5.39 Å². The molecule has 3 aromatic heterocycles. The number of nitriles is 1. The second-order valence-corrected chi connectivity index (χ2v) is 9.68. The molecule has 0 radical (unpaired) electrons. The molecule has 36 heavy (non-hydrogen) atoms. The van der Waals surface area contributed by atoms with Crippen LogP contribution in [0.4, 0.5) is 11.5 Å². The molecule has 0 amide bonds. The number of hydrogen-bond donors (Lipinski definition) is 2. The Bertz CT molecular complexity index is 1570. The van der Waals surface area contributed by atoms with Crippen molar-refractivity contribution in [3.05, 3.63) is 58.8 Å². The number of nitrogens with one attached hydrogen (secondary N) is 2. The van der Waals surface area contributed by atoms with E-state index in [0.717, 1.165) is 53.7 Å². The maximum Gasteiger partial charge on any atom is 0.261 e. The zero-order chi connectivity index (χ0) is 24.6. The molecule has 0 unspecified atom stereocenters. The van der Waals surface area contributed by atoms with Crippen LogP contribution in [0.1, 0.15) is 43.7 Å². The van der Waals surface area contributed by atoms with Gasteiger partial charge in [0.15, 0.2) is 5.82 Å². The highest BCUT2D eigenvalue weighted by Gasteiger charge is 2.35. The summed E-state index contributed by atoms with van der Waals surface area (Å²) >= 11 is 0. The molecule has 0 bridgehead atoms. The van der Waals surface area contributed by atoms with Crippen molar-refractivity contribution in [3.8, 4) is 17.2 Å². The van der Waals surface area contributed by atoms with E-state index in [1.165, 1.54) is 12.1 Å². The minimum absolute atomic E-state index is 0.143. The predicted octanol–water partition coefficient (Wildman–Crippen LogP) is 4.74. The van der Waals surface area contributed by atoms with Crippen molar-refractivity contribution in [3.63, 3.8) is 0 Å². The topological polar surface area (TPSA) is 117 Å². The Labute approximate surface area is 208 Å². The van der Waals surface area contributed by atoms with Crippen molar-refractivity contribution in [1.29, 1.82) is 5.26 Å². The standard InChI is InChI=1S/C27H28N8O/c1-17-13-19(7-8-20(17)18-14-31-34(16-18)12-4-10-28)32-26-25-24(9-11-29-27(25)36)35(33-26)23-6-3-2-5-21(23)22-15-30-22/h7-9,11,13-14,16,21,23H,2-6,12,15H2,1H3,(H,29,36)(H,32,33)/t21-,23+/m1/s1. The molecule has 182 valence electrons. The molecule has 4 aromatic rings. The lowest BCUT2D eigenvalue weighted by Crippen LogP contribution is -2.27. The Morgan fingerprint density at radius 1 is 1.25 bits per heavy atom. The van der Waals surface area contributed by atoms with Gasteiger partial charge in [-0.25, -0.2) is 0 Å². The first-order chi connectivity index (χ1) is 17.6. The monoisotopic (exact) mass is 480 g/mol. The van der Waals surface area contributed by atoms with Gasteiger partial charge in [-0.05, 0) is 49.1 Å². The van der Waals surface area contributed by atoms with Crippen molar-refractivity contribution in [1.82, 2.24) is 24.5 Å². The number of hydrogen-bond acceptors (Lipinski definition) is 6. The van der Waals surface area contributed by atoms with Crippen LogP contribution in [-0.4, -0.2) is 36.8 Å². The number of fused-ring (bicyclic) bond motifs is 1. The largest absolute Gasteiger partial charge is 0.338 e. The zero-order valence-corrected chi connectivity index (χ0v) is 20.2. The van der Waals surface area contributed by atoms with E-state index < -0.39 is 0 Å². The highest BCUT2D eigenvalue weighted by Crippen LogP contribution is 2.39. The van der Waals surface area contributed by atoms with Crippen molar-refractivity contribution < 1.29 is 0 Å². The fraction of sp³-hybridized carbons (Fsp3) is 0.370. The summed E-state index contributed by atoms with van der Waals surface area (Å²) in [6.07, 6.45) is 10.5. The highest BCUT2D eigenvalue weighted by molar-refractivity contribution is 5.99. The summed E-state index contributed by atoms with van der Waals surface area (Å²) in [5.41, 5.74) is 6.05. The third-order valence-electron chi connectivity index (χ3n) is 7.33. The zero-order valence-electron chi connectivity index (χ0n) is 20.2. The number of rotatable bonds is 7. The van der Waals surface area contributed by atoms with Crippen LogP contribution in [0.2, 0.25) is 0 Å². The molecule has 2 atom stereocenters. The highest BCUT2D eigenvalue weighted by atomic mass is 16.1. The average molecular weight is 481 g/mol. The molecule has 2 N–H and O–H groups in total. The molecule has 1 aromatic carbocycles. The summed E-state index contributed by atoms with van der Waals surface area (Å²) in [5.74, 6) is 0.981. The number of H-pyrrole nitrogens is 1. The van der Waals surface area contributed by atoms with Gasteiger partial charge in [-0.1, -0.05) is 18.9 Å². The van der Waals surface area contributed by atoms with Crippen LogP contribution in [0.15, 0.2) is 52.6 Å². The van der Waals surface area contributed by atoms with E-state index in [4.69, 9.17) is 10.4 Å². The van der Waals surface area contributed by atoms with Crippen LogP contribution < -0.4 is 10.9 Å². The average Bonchev–Trinajstić information content (AvgIpc) is 3.52. The lowest BCUT2D eigenvalue weighted by molar-refractivity contribution is 0.289. The number of aromatic nitrogens is 5. The van der Waals surface area contributed by atoms with Gasteiger partial charge in [0.2, 0.25) is 0 Å².